The summed E-state index contributed by atoms with van der Waals surface area (Å²) in [5.41, 5.74) is 1.44. The zero-order chi connectivity index (χ0) is 18.7. The molecule has 3 rings (SSSR count). The fourth-order valence-corrected chi connectivity index (χ4v) is 2.94. The average Bonchev–Trinajstić information content (AvgIpc) is 3.07. The smallest absolute Gasteiger partial charge is 0.318 e. The predicted octanol–water partition coefficient (Wildman–Crippen LogP) is 1.94. The molecule has 1 aliphatic heterocycles. The maximum absolute atomic E-state index is 12.7. The minimum Gasteiger partial charge on any atom is -0.497 e. The summed E-state index contributed by atoms with van der Waals surface area (Å²) in [6, 6.07) is 8.22. The molecule has 1 aromatic heterocycles. The summed E-state index contributed by atoms with van der Waals surface area (Å²) < 4.78 is 10.1. The van der Waals surface area contributed by atoms with Crippen molar-refractivity contribution in [2.75, 3.05) is 25.1 Å². The summed E-state index contributed by atoms with van der Waals surface area (Å²) >= 11 is 0. The lowest BCUT2D eigenvalue weighted by Gasteiger charge is -2.39. The standard InChI is InChI=1S/C18H22N4O4/c1-12-10-14(20-26-12)11-19-18(24)21-8-9-22(17(23)13(21)2)15-4-6-16(25-3)7-5-15/h4-7,10,13H,8-9,11H2,1-3H3,(H,19,24). The minimum absolute atomic E-state index is 0.117. The molecule has 1 aliphatic rings. The molecule has 2 heterocycles. The van der Waals surface area contributed by atoms with E-state index in [0.29, 0.717) is 24.5 Å². The van der Waals surface area contributed by atoms with Crippen molar-refractivity contribution in [2.45, 2.75) is 26.4 Å². The number of methoxy groups -OCH3 is 1. The topological polar surface area (TPSA) is 87.9 Å². The number of aryl methyl sites for hydroxylation is 1. The first kappa shape index (κ1) is 17.8. The van der Waals surface area contributed by atoms with Gasteiger partial charge in [-0.05, 0) is 38.1 Å². The van der Waals surface area contributed by atoms with Gasteiger partial charge in [-0.3, -0.25) is 4.79 Å². The highest BCUT2D eigenvalue weighted by molar-refractivity contribution is 6.00. The van der Waals surface area contributed by atoms with Gasteiger partial charge in [0.05, 0.1) is 13.7 Å². The highest BCUT2D eigenvalue weighted by Crippen LogP contribution is 2.23. The SMILES string of the molecule is COc1ccc(N2CCN(C(=O)NCc3cc(C)on3)C(C)C2=O)cc1. The number of benzene rings is 1. The molecule has 8 nitrogen and oxygen atoms in total. The minimum atomic E-state index is -0.551. The predicted molar refractivity (Wildman–Crippen MR) is 95.0 cm³/mol. The number of nitrogens with one attached hydrogen (secondary N) is 1. The summed E-state index contributed by atoms with van der Waals surface area (Å²) in [7, 11) is 1.60. The van der Waals surface area contributed by atoms with E-state index in [2.05, 4.69) is 10.5 Å². The van der Waals surface area contributed by atoms with Crippen LogP contribution in [0.25, 0.3) is 0 Å². The van der Waals surface area contributed by atoms with E-state index >= 15 is 0 Å². The Hall–Kier alpha value is -3.03. The van der Waals surface area contributed by atoms with Crippen molar-refractivity contribution in [3.8, 4) is 5.75 Å². The molecule has 1 aromatic carbocycles. The summed E-state index contributed by atoms with van der Waals surface area (Å²) in [5.74, 6) is 1.30. The second-order valence-electron chi connectivity index (χ2n) is 6.14. The molecule has 0 aliphatic carbocycles. The number of carbonyl (C=O) groups is 2. The third kappa shape index (κ3) is 3.63. The Kier molecular flexibility index (Phi) is 5.11. The van der Waals surface area contributed by atoms with Crippen LogP contribution in [0.1, 0.15) is 18.4 Å². The largest absolute Gasteiger partial charge is 0.497 e. The Morgan fingerprint density at radius 1 is 1.35 bits per heavy atom. The monoisotopic (exact) mass is 358 g/mol. The van der Waals surface area contributed by atoms with Crippen molar-refractivity contribution in [3.63, 3.8) is 0 Å². The zero-order valence-electron chi connectivity index (χ0n) is 15.1. The van der Waals surface area contributed by atoms with Gasteiger partial charge in [0.15, 0.2) is 0 Å². The fourth-order valence-electron chi connectivity index (χ4n) is 2.94. The number of anilines is 1. The summed E-state index contributed by atoms with van der Waals surface area (Å²) in [6.45, 7) is 4.67. The van der Waals surface area contributed by atoms with Crippen LogP contribution < -0.4 is 15.0 Å². The van der Waals surface area contributed by atoms with Crippen molar-refractivity contribution in [1.29, 1.82) is 0 Å². The van der Waals surface area contributed by atoms with Crippen molar-refractivity contribution in [1.82, 2.24) is 15.4 Å². The van der Waals surface area contributed by atoms with Crippen molar-refractivity contribution >= 4 is 17.6 Å². The van der Waals surface area contributed by atoms with E-state index in [4.69, 9.17) is 9.26 Å². The molecule has 0 saturated carbocycles. The first-order valence-electron chi connectivity index (χ1n) is 8.41. The van der Waals surface area contributed by atoms with Gasteiger partial charge in [0.1, 0.15) is 23.2 Å². The highest BCUT2D eigenvalue weighted by atomic mass is 16.5. The Morgan fingerprint density at radius 2 is 2.08 bits per heavy atom. The lowest BCUT2D eigenvalue weighted by atomic mass is 10.1. The Morgan fingerprint density at radius 3 is 2.69 bits per heavy atom. The molecule has 0 radical (unpaired) electrons. The van der Waals surface area contributed by atoms with E-state index in [-0.39, 0.29) is 18.5 Å². The second kappa shape index (κ2) is 7.47. The molecule has 2 aromatic rings. The van der Waals surface area contributed by atoms with Crippen molar-refractivity contribution in [3.05, 3.63) is 41.8 Å². The molecule has 1 fully saturated rings. The third-order valence-corrected chi connectivity index (χ3v) is 4.40. The molecular weight excluding hydrogens is 336 g/mol. The maximum atomic E-state index is 12.7. The van der Waals surface area contributed by atoms with Crippen LogP contribution in [0.2, 0.25) is 0 Å². The molecular formula is C18H22N4O4. The molecule has 1 N–H and O–H groups in total. The summed E-state index contributed by atoms with van der Waals surface area (Å²) in [6.07, 6.45) is 0. The lowest BCUT2D eigenvalue weighted by Crippen LogP contribution is -2.59. The van der Waals surface area contributed by atoms with Gasteiger partial charge in [-0.25, -0.2) is 4.79 Å². The number of rotatable bonds is 4. The normalized spacial score (nSPS) is 17.3. The lowest BCUT2D eigenvalue weighted by molar-refractivity contribution is -0.124. The van der Waals surface area contributed by atoms with Crippen LogP contribution in [0, 0.1) is 6.92 Å². The van der Waals surface area contributed by atoms with Crippen molar-refractivity contribution in [2.24, 2.45) is 0 Å². The van der Waals surface area contributed by atoms with Gasteiger partial charge in [0.2, 0.25) is 5.91 Å². The molecule has 0 spiro atoms. The van der Waals surface area contributed by atoms with Gasteiger partial charge >= 0.3 is 6.03 Å². The fraction of sp³-hybridized carbons (Fsp3) is 0.389. The van der Waals surface area contributed by atoms with Crippen LogP contribution in [0.3, 0.4) is 0 Å². The first-order chi connectivity index (χ1) is 12.5. The molecule has 8 heteroatoms. The number of urea groups is 1. The number of nitrogens with zero attached hydrogens (tertiary/aromatic N) is 3. The van der Waals surface area contributed by atoms with E-state index < -0.39 is 6.04 Å². The Bertz CT molecular complexity index is 787. The molecule has 26 heavy (non-hydrogen) atoms. The van der Waals surface area contributed by atoms with Crippen LogP contribution in [0.5, 0.6) is 5.75 Å². The van der Waals surface area contributed by atoms with Crippen LogP contribution in [-0.2, 0) is 11.3 Å². The van der Waals surface area contributed by atoms with Crippen LogP contribution in [0.4, 0.5) is 10.5 Å². The van der Waals surface area contributed by atoms with E-state index in [1.54, 1.807) is 31.9 Å². The average molecular weight is 358 g/mol. The quantitative estimate of drug-likeness (QED) is 0.902. The highest BCUT2D eigenvalue weighted by Gasteiger charge is 2.35. The summed E-state index contributed by atoms with van der Waals surface area (Å²) in [5, 5.41) is 6.62. The second-order valence-corrected chi connectivity index (χ2v) is 6.14. The maximum Gasteiger partial charge on any atom is 0.318 e. The van der Waals surface area contributed by atoms with Gasteiger partial charge in [-0.2, -0.15) is 0 Å². The van der Waals surface area contributed by atoms with Crippen LogP contribution >= 0.6 is 0 Å². The van der Waals surface area contributed by atoms with Gasteiger partial charge in [-0.1, -0.05) is 5.16 Å². The van der Waals surface area contributed by atoms with Gasteiger partial charge in [0.25, 0.3) is 0 Å². The number of ether oxygens (including phenoxy) is 1. The number of amides is 3. The van der Waals surface area contributed by atoms with Crippen LogP contribution in [0.15, 0.2) is 34.9 Å². The van der Waals surface area contributed by atoms with E-state index in [9.17, 15) is 9.59 Å². The number of piperazine rings is 1. The number of hydrogen-bond donors (Lipinski definition) is 1. The number of aromatic nitrogens is 1. The van der Waals surface area contributed by atoms with E-state index in [0.717, 1.165) is 11.4 Å². The molecule has 1 unspecified atom stereocenters. The van der Waals surface area contributed by atoms with E-state index in [1.165, 1.54) is 4.90 Å². The summed E-state index contributed by atoms with van der Waals surface area (Å²) in [4.78, 5) is 28.4. The Labute approximate surface area is 151 Å². The molecule has 3 amide bonds. The van der Waals surface area contributed by atoms with Gasteiger partial charge in [0, 0.05) is 24.8 Å². The third-order valence-electron chi connectivity index (χ3n) is 4.40. The Balaban J connectivity index is 1.62. The molecule has 1 saturated heterocycles. The van der Waals surface area contributed by atoms with Crippen molar-refractivity contribution < 1.29 is 18.8 Å². The van der Waals surface area contributed by atoms with Gasteiger partial charge < -0.3 is 24.4 Å². The molecule has 138 valence electrons. The zero-order valence-corrected chi connectivity index (χ0v) is 15.1. The molecule has 1 atom stereocenters. The van der Waals surface area contributed by atoms with Gasteiger partial charge in [-0.15, -0.1) is 0 Å². The number of carbonyl (C=O) groups excluding carboxylic acids is 2. The van der Waals surface area contributed by atoms with E-state index in [1.807, 2.05) is 24.3 Å². The van der Waals surface area contributed by atoms with Crippen LogP contribution in [-0.4, -0.2) is 48.2 Å². The first-order valence-corrected chi connectivity index (χ1v) is 8.41. The molecule has 0 bridgehead atoms. The number of hydrogen-bond acceptors (Lipinski definition) is 5.